The van der Waals surface area contributed by atoms with Gasteiger partial charge in [-0.1, -0.05) is 36.0 Å². The van der Waals surface area contributed by atoms with Gasteiger partial charge in [0.2, 0.25) is 0 Å². The second-order valence-corrected chi connectivity index (χ2v) is 9.35. The van der Waals surface area contributed by atoms with Crippen LogP contribution >= 0.6 is 23.1 Å². The fourth-order valence-corrected chi connectivity index (χ4v) is 5.03. The van der Waals surface area contributed by atoms with Crippen molar-refractivity contribution in [2.75, 3.05) is 31.6 Å². The lowest BCUT2D eigenvalue weighted by Crippen LogP contribution is -2.35. The van der Waals surface area contributed by atoms with Crippen molar-refractivity contribution in [3.8, 4) is 0 Å². The molecule has 1 saturated heterocycles. The summed E-state index contributed by atoms with van der Waals surface area (Å²) in [6, 6.07) is 15.7. The Balaban J connectivity index is 1.14. The monoisotopic (exact) mass is 465 g/mol. The molecule has 1 fully saturated rings. The van der Waals surface area contributed by atoms with Crippen LogP contribution in [-0.2, 0) is 17.0 Å². The van der Waals surface area contributed by atoms with E-state index in [-0.39, 0.29) is 5.91 Å². The quantitative estimate of drug-likeness (QED) is 0.394. The molecule has 2 aromatic carbocycles. The number of benzene rings is 2. The van der Waals surface area contributed by atoms with Gasteiger partial charge >= 0.3 is 0 Å². The molecule has 0 radical (unpaired) electrons. The first-order valence-electron chi connectivity index (χ1n) is 10.5. The van der Waals surface area contributed by atoms with Gasteiger partial charge in [-0.15, -0.1) is 11.3 Å². The van der Waals surface area contributed by atoms with Crippen LogP contribution < -0.4 is 5.32 Å². The van der Waals surface area contributed by atoms with E-state index < -0.39 is 0 Å². The zero-order valence-electron chi connectivity index (χ0n) is 17.4. The Hall–Kier alpha value is -2.72. The molecule has 0 bridgehead atoms. The molecule has 164 valence electrons. The predicted octanol–water partition coefficient (Wildman–Crippen LogP) is 4.40. The van der Waals surface area contributed by atoms with Crippen molar-refractivity contribution in [1.82, 2.24) is 19.9 Å². The lowest BCUT2D eigenvalue weighted by Gasteiger charge is -2.25. The average molecular weight is 466 g/mol. The number of hydrogen-bond acceptors (Lipinski definition) is 7. The lowest BCUT2D eigenvalue weighted by molar-refractivity contribution is 0.0337. The number of nitrogens with one attached hydrogen (secondary N) is 2. The Labute approximate surface area is 194 Å². The first-order valence-corrected chi connectivity index (χ1v) is 12.3. The molecule has 0 saturated carbocycles. The van der Waals surface area contributed by atoms with Crippen LogP contribution in [0.15, 0.2) is 59.1 Å². The highest BCUT2D eigenvalue weighted by atomic mass is 32.2. The van der Waals surface area contributed by atoms with E-state index in [2.05, 4.69) is 25.2 Å². The van der Waals surface area contributed by atoms with Crippen molar-refractivity contribution < 1.29 is 9.53 Å². The summed E-state index contributed by atoms with van der Waals surface area (Å²) in [5.41, 5.74) is 4.74. The molecule has 9 heteroatoms. The third-order valence-corrected chi connectivity index (χ3v) is 6.97. The molecular formula is C23H23N5O2S2. The summed E-state index contributed by atoms with van der Waals surface area (Å²) in [6.07, 6.45) is 0. The molecule has 0 spiro atoms. The number of amides is 1. The van der Waals surface area contributed by atoms with Gasteiger partial charge < -0.3 is 9.72 Å². The van der Waals surface area contributed by atoms with Gasteiger partial charge in [0.1, 0.15) is 0 Å². The number of carbonyl (C=O) groups is 1. The minimum atomic E-state index is -0.145. The molecule has 2 N–H and O–H groups in total. The van der Waals surface area contributed by atoms with E-state index in [0.29, 0.717) is 10.7 Å². The van der Waals surface area contributed by atoms with Gasteiger partial charge in [-0.25, -0.2) is 9.97 Å². The van der Waals surface area contributed by atoms with E-state index in [0.717, 1.165) is 66.0 Å². The molecule has 5 rings (SSSR count). The fourth-order valence-electron chi connectivity index (χ4n) is 3.50. The molecule has 0 atom stereocenters. The molecule has 7 nitrogen and oxygen atoms in total. The number of rotatable bonds is 7. The predicted molar refractivity (Wildman–Crippen MR) is 128 cm³/mol. The van der Waals surface area contributed by atoms with Crippen LogP contribution in [0.1, 0.15) is 21.6 Å². The number of H-pyrrole nitrogens is 1. The summed E-state index contributed by atoms with van der Waals surface area (Å²) < 4.78 is 5.38. The van der Waals surface area contributed by atoms with Crippen molar-refractivity contribution in [3.63, 3.8) is 0 Å². The highest BCUT2D eigenvalue weighted by Crippen LogP contribution is 2.23. The maximum atomic E-state index is 12.6. The third kappa shape index (κ3) is 5.18. The molecular weight excluding hydrogens is 442 g/mol. The molecule has 3 heterocycles. The molecule has 1 amide bonds. The number of para-hydroxylation sites is 2. The number of carbonyl (C=O) groups excluding carboxylic acids is 1. The number of fused-ring (bicyclic) bond motifs is 1. The topological polar surface area (TPSA) is 83.1 Å². The molecule has 2 aromatic heterocycles. The van der Waals surface area contributed by atoms with Crippen LogP contribution in [0.4, 0.5) is 5.13 Å². The van der Waals surface area contributed by atoms with Crippen LogP contribution in [-0.4, -0.2) is 52.1 Å². The summed E-state index contributed by atoms with van der Waals surface area (Å²) in [4.78, 5) is 27.4. The van der Waals surface area contributed by atoms with Gasteiger partial charge in [-0.2, -0.15) is 0 Å². The number of imidazole rings is 1. The van der Waals surface area contributed by atoms with E-state index in [1.165, 1.54) is 11.3 Å². The van der Waals surface area contributed by atoms with E-state index in [9.17, 15) is 4.79 Å². The van der Waals surface area contributed by atoms with Crippen LogP contribution in [0.5, 0.6) is 0 Å². The molecule has 32 heavy (non-hydrogen) atoms. The van der Waals surface area contributed by atoms with Crippen molar-refractivity contribution in [1.29, 1.82) is 0 Å². The summed E-state index contributed by atoms with van der Waals surface area (Å²) in [5.74, 6) is 0.632. The summed E-state index contributed by atoms with van der Waals surface area (Å²) >= 11 is 3.10. The number of thioether (sulfide) groups is 1. The summed E-state index contributed by atoms with van der Waals surface area (Å²) in [7, 11) is 0. The maximum Gasteiger partial charge on any atom is 0.257 e. The summed E-state index contributed by atoms with van der Waals surface area (Å²) in [5, 5.41) is 6.44. The normalized spacial score (nSPS) is 14.6. The zero-order valence-corrected chi connectivity index (χ0v) is 19.0. The molecule has 4 aromatic rings. The molecule has 1 aliphatic rings. The smallest absolute Gasteiger partial charge is 0.257 e. The Bertz CT molecular complexity index is 1170. The maximum absolute atomic E-state index is 12.6. The number of aromatic nitrogens is 3. The number of anilines is 1. The fraction of sp³-hybridized carbons (Fsp3) is 0.261. The second-order valence-electron chi connectivity index (χ2n) is 7.53. The van der Waals surface area contributed by atoms with Crippen LogP contribution in [0, 0.1) is 0 Å². The van der Waals surface area contributed by atoms with Gasteiger partial charge in [0, 0.05) is 36.3 Å². The van der Waals surface area contributed by atoms with Crippen LogP contribution in [0.3, 0.4) is 0 Å². The standard InChI is InChI=1S/C23H23N5O2S2/c29-21(27-22-24-18(15-32-22)13-28-9-11-30-12-10-28)17-7-5-16(6-8-17)14-31-23-25-19-3-1-2-4-20(19)26-23/h1-8,15H,9-14H2,(H,25,26)(H,24,27,29). The number of hydrogen-bond donors (Lipinski definition) is 2. The van der Waals surface area contributed by atoms with E-state index in [1.54, 1.807) is 11.8 Å². The average Bonchev–Trinajstić information content (AvgIpc) is 3.45. The van der Waals surface area contributed by atoms with Crippen LogP contribution in [0.25, 0.3) is 11.0 Å². The minimum Gasteiger partial charge on any atom is -0.379 e. The Kier molecular flexibility index (Phi) is 6.49. The van der Waals surface area contributed by atoms with E-state index in [1.807, 2.05) is 53.9 Å². The number of morpholine rings is 1. The molecule has 1 aliphatic heterocycles. The number of thiazole rings is 1. The number of aromatic amines is 1. The van der Waals surface area contributed by atoms with Gasteiger partial charge in [-0.3, -0.25) is 15.0 Å². The van der Waals surface area contributed by atoms with Crippen LogP contribution in [0.2, 0.25) is 0 Å². The van der Waals surface area contributed by atoms with E-state index >= 15 is 0 Å². The Morgan fingerprint density at radius 3 is 2.75 bits per heavy atom. The van der Waals surface area contributed by atoms with Crippen molar-refractivity contribution in [2.45, 2.75) is 17.5 Å². The largest absolute Gasteiger partial charge is 0.379 e. The summed E-state index contributed by atoms with van der Waals surface area (Å²) in [6.45, 7) is 4.15. The van der Waals surface area contributed by atoms with Gasteiger partial charge in [0.15, 0.2) is 10.3 Å². The minimum absolute atomic E-state index is 0.145. The van der Waals surface area contributed by atoms with Crippen molar-refractivity contribution in [3.05, 3.63) is 70.7 Å². The lowest BCUT2D eigenvalue weighted by atomic mass is 10.1. The molecule has 0 aliphatic carbocycles. The Morgan fingerprint density at radius 2 is 1.94 bits per heavy atom. The second kappa shape index (κ2) is 9.83. The van der Waals surface area contributed by atoms with Gasteiger partial charge in [0.25, 0.3) is 5.91 Å². The van der Waals surface area contributed by atoms with Gasteiger partial charge in [0.05, 0.1) is 29.9 Å². The molecule has 0 unspecified atom stereocenters. The van der Waals surface area contributed by atoms with E-state index in [4.69, 9.17) is 4.74 Å². The highest BCUT2D eigenvalue weighted by molar-refractivity contribution is 7.98. The van der Waals surface area contributed by atoms with Crippen molar-refractivity contribution in [2.24, 2.45) is 0 Å². The zero-order chi connectivity index (χ0) is 21.8. The third-order valence-electron chi connectivity index (χ3n) is 5.22. The van der Waals surface area contributed by atoms with Gasteiger partial charge in [-0.05, 0) is 29.8 Å². The van der Waals surface area contributed by atoms with Crippen molar-refractivity contribution >= 4 is 45.2 Å². The number of ether oxygens (including phenoxy) is 1. The SMILES string of the molecule is O=C(Nc1nc(CN2CCOCC2)cs1)c1ccc(CSc2nc3ccccc3[nH]2)cc1. The Morgan fingerprint density at radius 1 is 1.12 bits per heavy atom. The first kappa shape index (κ1) is 21.1. The number of nitrogens with zero attached hydrogens (tertiary/aromatic N) is 3. The first-order chi connectivity index (χ1) is 15.7. The highest BCUT2D eigenvalue weighted by Gasteiger charge is 2.14.